The normalized spacial score (nSPS) is 10.2. The molecule has 1 heterocycles. The Morgan fingerprint density at radius 3 is 2.84 bits per heavy atom. The molecule has 0 bridgehead atoms. The minimum absolute atomic E-state index is 0.0883. The van der Waals surface area contributed by atoms with Gasteiger partial charge in [-0.2, -0.15) is 0 Å². The predicted molar refractivity (Wildman–Crippen MR) is 71.5 cm³/mol. The molecule has 100 valence electrons. The highest BCUT2D eigenvalue weighted by Gasteiger charge is 2.05. The van der Waals surface area contributed by atoms with E-state index in [4.69, 9.17) is 9.84 Å². The molecule has 1 amide bonds. The number of amides is 1. The number of aliphatic hydroxyl groups is 1. The summed E-state index contributed by atoms with van der Waals surface area (Å²) in [4.78, 5) is 15.6. The Bertz CT molecular complexity index is 528. The first-order valence-electron chi connectivity index (χ1n) is 5.76. The molecular weight excluding hydrogens is 264 g/mol. The zero-order valence-electron chi connectivity index (χ0n) is 10.2. The van der Waals surface area contributed by atoms with E-state index in [0.29, 0.717) is 12.2 Å². The van der Waals surface area contributed by atoms with E-state index >= 15 is 0 Å². The van der Waals surface area contributed by atoms with E-state index in [1.165, 1.54) is 11.3 Å². The summed E-state index contributed by atoms with van der Waals surface area (Å²) in [5.74, 6) is 0. The monoisotopic (exact) mass is 278 g/mol. The van der Waals surface area contributed by atoms with Gasteiger partial charge in [0.2, 0.25) is 0 Å². The number of aromatic nitrogens is 1. The van der Waals surface area contributed by atoms with E-state index < -0.39 is 6.09 Å². The molecule has 0 radical (unpaired) electrons. The molecule has 0 aliphatic heterocycles. The van der Waals surface area contributed by atoms with Gasteiger partial charge in [0.05, 0.1) is 18.8 Å². The number of rotatable bonds is 5. The summed E-state index contributed by atoms with van der Waals surface area (Å²) in [5, 5.41) is 14.0. The lowest BCUT2D eigenvalue weighted by Crippen LogP contribution is -2.23. The van der Waals surface area contributed by atoms with Crippen molar-refractivity contribution in [2.75, 3.05) is 0 Å². The van der Waals surface area contributed by atoms with Crippen LogP contribution in [0, 0.1) is 0 Å². The quantitative estimate of drug-likeness (QED) is 0.878. The van der Waals surface area contributed by atoms with E-state index in [2.05, 4.69) is 10.3 Å². The largest absolute Gasteiger partial charge is 0.445 e. The van der Waals surface area contributed by atoms with Crippen LogP contribution >= 0.6 is 11.3 Å². The number of ether oxygens (including phenoxy) is 1. The fourth-order valence-electron chi connectivity index (χ4n) is 1.42. The minimum atomic E-state index is -0.482. The highest BCUT2D eigenvalue weighted by Crippen LogP contribution is 2.09. The molecule has 6 heteroatoms. The molecule has 0 unspecified atom stereocenters. The van der Waals surface area contributed by atoms with Crippen molar-refractivity contribution >= 4 is 17.4 Å². The van der Waals surface area contributed by atoms with Crippen LogP contribution in [0.3, 0.4) is 0 Å². The van der Waals surface area contributed by atoms with Crippen LogP contribution in [0.5, 0.6) is 0 Å². The number of nitrogens with one attached hydrogen (secondary N) is 1. The van der Waals surface area contributed by atoms with Gasteiger partial charge in [-0.3, -0.25) is 0 Å². The van der Waals surface area contributed by atoms with Crippen LogP contribution in [0.25, 0.3) is 0 Å². The number of nitrogens with zero attached hydrogens (tertiary/aromatic N) is 1. The number of carbonyl (C=O) groups excluding carboxylic acids is 1. The standard InChI is InChI=1S/C13H14N2O3S/c16-7-11-9-19-12(15-11)6-14-13(17)18-8-10-4-2-1-3-5-10/h1-5,9,16H,6-8H2,(H,14,17). The van der Waals surface area contributed by atoms with Crippen molar-refractivity contribution in [3.05, 3.63) is 52.0 Å². The van der Waals surface area contributed by atoms with Crippen LogP contribution < -0.4 is 5.32 Å². The van der Waals surface area contributed by atoms with Crippen LogP contribution in [-0.2, 0) is 24.5 Å². The molecule has 1 aromatic heterocycles. The van der Waals surface area contributed by atoms with Gasteiger partial charge in [-0.25, -0.2) is 9.78 Å². The Kier molecular flexibility index (Phi) is 4.88. The third-order valence-corrected chi connectivity index (χ3v) is 3.26. The fraction of sp³-hybridized carbons (Fsp3) is 0.231. The number of thiazole rings is 1. The van der Waals surface area contributed by atoms with Crippen molar-refractivity contribution in [3.8, 4) is 0 Å². The molecule has 0 fully saturated rings. The summed E-state index contributed by atoms with van der Waals surface area (Å²) in [6, 6.07) is 9.47. The van der Waals surface area contributed by atoms with Gasteiger partial charge in [0, 0.05) is 5.38 Å². The van der Waals surface area contributed by atoms with Crippen molar-refractivity contribution in [1.82, 2.24) is 10.3 Å². The third kappa shape index (κ3) is 4.35. The zero-order chi connectivity index (χ0) is 13.5. The van der Waals surface area contributed by atoms with Crippen molar-refractivity contribution < 1.29 is 14.6 Å². The molecule has 0 aliphatic carbocycles. The lowest BCUT2D eigenvalue weighted by atomic mass is 10.2. The zero-order valence-corrected chi connectivity index (χ0v) is 11.0. The molecule has 2 rings (SSSR count). The van der Waals surface area contributed by atoms with Gasteiger partial charge < -0.3 is 15.2 Å². The SMILES string of the molecule is O=C(NCc1nc(CO)cs1)OCc1ccccc1. The molecule has 19 heavy (non-hydrogen) atoms. The molecular formula is C13H14N2O3S. The van der Waals surface area contributed by atoms with Crippen molar-refractivity contribution in [3.63, 3.8) is 0 Å². The highest BCUT2D eigenvalue weighted by molar-refractivity contribution is 7.09. The van der Waals surface area contributed by atoms with Gasteiger partial charge in [0.1, 0.15) is 11.6 Å². The molecule has 5 nitrogen and oxygen atoms in total. The minimum Gasteiger partial charge on any atom is -0.445 e. The number of alkyl carbamates (subject to hydrolysis) is 1. The first kappa shape index (κ1) is 13.5. The third-order valence-electron chi connectivity index (χ3n) is 2.36. The van der Waals surface area contributed by atoms with Crippen molar-refractivity contribution in [1.29, 1.82) is 0 Å². The van der Waals surface area contributed by atoms with Gasteiger partial charge in [0.15, 0.2) is 0 Å². The van der Waals surface area contributed by atoms with Gasteiger partial charge >= 0.3 is 6.09 Å². The maximum absolute atomic E-state index is 11.5. The molecule has 2 N–H and O–H groups in total. The molecule has 0 atom stereocenters. The van der Waals surface area contributed by atoms with Crippen molar-refractivity contribution in [2.24, 2.45) is 0 Å². The van der Waals surface area contributed by atoms with E-state index in [-0.39, 0.29) is 13.2 Å². The molecule has 2 aromatic rings. The molecule has 0 saturated heterocycles. The second-order valence-electron chi connectivity index (χ2n) is 3.81. The first-order chi connectivity index (χ1) is 9.28. The van der Waals surface area contributed by atoms with Crippen LogP contribution in [-0.4, -0.2) is 16.2 Å². The maximum atomic E-state index is 11.5. The fourth-order valence-corrected chi connectivity index (χ4v) is 2.15. The second-order valence-corrected chi connectivity index (χ2v) is 4.75. The highest BCUT2D eigenvalue weighted by atomic mass is 32.1. The summed E-state index contributed by atoms with van der Waals surface area (Å²) in [6.07, 6.45) is -0.482. The Morgan fingerprint density at radius 2 is 2.16 bits per heavy atom. The van der Waals surface area contributed by atoms with Gasteiger partial charge in [-0.15, -0.1) is 11.3 Å². The van der Waals surface area contributed by atoms with E-state index in [1.807, 2.05) is 30.3 Å². The predicted octanol–water partition coefficient (Wildman–Crippen LogP) is 2.06. The summed E-state index contributed by atoms with van der Waals surface area (Å²) < 4.78 is 5.06. The topological polar surface area (TPSA) is 71.5 Å². The van der Waals surface area contributed by atoms with Crippen LogP contribution in [0.15, 0.2) is 35.7 Å². The van der Waals surface area contributed by atoms with Gasteiger partial charge in [0.25, 0.3) is 0 Å². The van der Waals surface area contributed by atoms with Crippen LogP contribution in [0.2, 0.25) is 0 Å². The van der Waals surface area contributed by atoms with Gasteiger partial charge in [-0.1, -0.05) is 30.3 Å². The smallest absolute Gasteiger partial charge is 0.407 e. The Morgan fingerprint density at radius 1 is 1.37 bits per heavy atom. The number of aliphatic hydroxyl groups excluding tert-OH is 1. The van der Waals surface area contributed by atoms with Crippen LogP contribution in [0.4, 0.5) is 4.79 Å². The molecule has 0 spiro atoms. The number of carbonyl (C=O) groups is 1. The van der Waals surface area contributed by atoms with E-state index in [9.17, 15) is 4.79 Å². The Hall–Kier alpha value is -1.92. The van der Waals surface area contributed by atoms with Crippen LogP contribution in [0.1, 0.15) is 16.3 Å². The van der Waals surface area contributed by atoms with Crippen molar-refractivity contribution in [2.45, 2.75) is 19.8 Å². The molecule has 0 saturated carbocycles. The molecule has 0 aliphatic rings. The molecule has 1 aromatic carbocycles. The summed E-state index contributed by atoms with van der Waals surface area (Å²) in [5.41, 5.74) is 1.55. The first-order valence-corrected chi connectivity index (χ1v) is 6.64. The van der Waals surface area contributed by atoms with E-state index in [0.717, 1.165) is 10.6 Å². The number of hydrogen-bond donors (Lipinski definition) is 2. The Balaban J connectivity index is 1.73. The number of benzene rings is 1. The lowest BCUT2D eigenvalue weighted by molar-refractivity contribution is 0.139. The summed E-state index contributed by atoms with van der Waals surface area (Å²) in [7, 11) is 0. The second kappa shape index (κ2) is 6.86. The summed E-state index contributed by atoms with van der Waals surface area (Å²) >= 11 is 1.39. The Labute approximate surface area is 114 Å². The maximum Gasteiger partial charge on any atom is 0.407 e. The lowest BCUT2D eigenvalue weighted by Gasteiger charge is -2.05. The van der Waals surface area contributed by atoms with E-state index in [1.54, 1.807) is 5.38 Å². The number of hydrogen-bond acceptors (Lipinski definition) is 5. The summed E-state index contributed by atoms with van der Waals surface area (Å²) in [6.45, 7) is 0.458. The average molecular weight is 278 g/mol. The average Bonchev–Trinajstić information content (AvgIpc) is 2.92. The van der Waals surface area contributed by atoms with Gasteiger partial charge in [-0.05, 0) is 5.56 Å².